The second-order valence-corrected chi connectivity index (χ2v) is 7.15. The molecule has 0 aliphatic carbocycles. The lowest BCUT2D eigenvalue weighted by Gasteiger charge is -2.16. The Kier molecular flexibility index (Phi) is 6.73. The van der Waals surface area contributed by atoms with E-state index in [1.807, 2.05) is 0 Å². The van der Waals surface area contributed by atoms with Crippen molar-refractivity contribution in [1.29, 1.82) is 0 Å². The average molecular weight is 477 g/mol. The van der Waals surface area contributed by atoms with Crippen LogP contribution in [0.1, 0.15) is 15.9 Å². The van der Waals surface area contributed by atoms with Crippen molar-refractivity contribution in [3.8, 4) is 11.5 Å². The van der Waals surface area contributed by atoms with Crippen LogP contribution in [0.5, 0.6) is 11.5 Å². The predicted molar refractivity (Wildman–Crippen MR) is 107 cm³/mol. The Labute approximate surface area is 178 Å². The molecule has 0 spiro atoms. The van der Waals surface area contributed by atoms with Gasteiger partial charge in [-0.2, -0.15) is 0 Å². The smallest absolute Gasteiger partial charge is 0.326 e. The van der Waals surface area contributed by atoms with E-state index in [0.717, 1.165) is 0 Å². The van der Waals surface area contributed by atoms with Crippen LogP contribution in [0.25, 0.3) is 0 Å². The molecule has 0 unspecified atom stereocenters. The number of nitrogens with one attached hydrogen (secondary N) is 1. The number of halogens is 3. The Hall–Kier alpha value is -3.33. The van der Waals surface area contributed by atoms with Crippen LogP contribution in [0.15, 0.2) is 65.4 Å². The van der Waals surface area contributed by atoms with Crippen LogP contribution >= 0.6 is 15.9 Å². The number of carboxylic acids is 1. The first-order valence-electron chi connectivity index (χ1n) is 8.68. The largest absolute Gasteiger partial charge is 0.480 e. The van der Waals surface area contributed by atoms with E-state index >= 15 is 0 Å². The molecule has 3 rings (SSSR count). The lowest BCUT2D eigenvalue weighted by atomic mass is 10.0. The number of amides is 1. The Morgan fingerprint density at radius 3 is 2.53 bits per heavy atom. The van der Waals surface area contributed by atoms with Gasteiger partial charge in [-0.15, -0.1) is 0 Å². The first kappa shape index (κ1) is 21.4. The molecular formula is C21H15BrF2N2O4. The molecule has 30 heavy (non-hydrogen) atoms. The Morgan fingerprint density at radius 2 is 1.87 bits per heavy atom. The lowest BCUT2D eigenvalue weighted by molar-refractivity contribution is -0.139. The third-order valence-corrected chi connectivity index (χ3v) is 4.61. The SMILES string of the molecule is O=C(N[C@@H](Cc1ccc(Br)cc1F)C(=O)O)c1ccncc1Oc1ccc(F)cc1. The van der Waals surface area contributed by atoms with E-state index in [1.54, 1.807) is 6.07 Å². The highest BCUT2D eigenvalue weighted by Gasteiger charge is 2.24. The van der Waals surface area contributed by atoms with Gasteiger partial charge in [0.1, 0.15) is 23.4 Å². The van der Waals surface area contributed by atoms with Crippen LogP contribution < -0.4 is 10.1 Å². The molecule has 1 amide bonds. The fraction of sp³-hybridized carbons (Fsp3) is 0.0952. The van der Waals surface area contributed by atoms with Crippen LogP contribution in [0.2, 0.25) is 0 Å². The Morgan fingerprint density at radius 1 is 1.13 bits per heavy atom. The van der Waals surface area contributed by atoms with Crippen molar-refractivity contribution in [3.05, 3.63) is 88.2 Å². The summed E-state index contributed by atoms with van der Waals surface area (Å²) in [6, 6.07) is 9.35. The maximum atomic E-state index is 14.1. The summed E-state index contributed by atoms with van der Waals surface area (Å²) in [7, 11) is 0. The summed E-state index contributed by atoms with van der Waals surface area (Å²) >= 11 is 3.13. The third kappa shape index (κ3) is 5.38. The minimum absolute atomic E-state index is 0.0249. The summed E-state index contributed by atoms with van der Waals surface area (Å²) in [4.78, 5) is 28.2. The number of carbonyl (C=O) groups is 2. The van der Waals surface area contributed by atoms with Crippen molar-refractivity contribution >= 4 is 27.8 Å². The summed E-state index contributed by atoms with van der Waals surface area (Å²) in [6.45, 7) is 0. The second kappa shape index (κ2) is 9.45. The number of ether oxygens (including phenoxy) is 1. The molecule has 0 radical (unpaired) electrons. The normalized spacial score (nSPS) is 11.6. The van der Waals surface area contributed by atoms with Gasteiger partial charge in [0.15, 0.2) is 5.75 Å². The van der Waals surface area contributed by atoms with Crippen LogP contribution in [0, 0.1) is 11.6 Å². The third-order valence-electron chi connectivity index (χ3n) is 4.11. The minimum Gasteiger partial charge on any atom is -0.480 e. The van der Waals surface area contributed by atoms with E-state index in [0.29, 0.717) is 4.47 Å². The summed E-state index contributed by atoms with van der Waals surface area (Å²) in [5, 5.41) is 11.9. The summed E-state index contributed by atoms with van der Waals surface area (Å²) < 4.78 is 33.2. The van der Waals surface area contributed by atoms with E-state index < -0.39 is 29.6 Å². The van der Waals surface area contributed by atoms with E-state index in [4.69, 9.17) is 4.74 Å². The van der Waals surface area contributed by atoms with Gasteiger partial charge in [0.05, 0.1) is 11.8 Å². The molecule has 154 valence electrons. The fourth-order valence-corrected chi connectivity index (χ4v) is 2.95. The Bertz CT molecular complexity index is 1080. The number of benzene rings is 2. The zero-order chi connectivity index (χ0) is 21.7. The minimum atomic E-state index is -1.37. The maximum Gasteiger partial charge on any atom is 0.326 e. The van der Waals surface area contributed by atoms with Crippen molar-refractivity contribution < 1.29 is 28.2 Å². The number of hydrogen-bond acceptors (Lipinski definition) is 4. The maximum absolute atomic E-state index is 14.1. The van der Waals surface area contributed by atoms with Gasteiger partial charge in [0.2, 0.25) is 0 Å². The van der Waals surface area contributed by atoms with Crippen molar-refractivity contribution in [2.24, 2.45) is 0 Å². The second-order valence-electron chi connectivity index (χ2n) is 6.23. The first-order valence-corrected chi connectivity index (χ1v) is 9.48. The van der Waals surface area contributed by atoms with Crippen molar-refractivity contribution in [2.75, 3.05) is 0 Å². The van der Waals surface area contributed by atoms with Crippen molar-refractivity contribution in [2.45, 2.75) is 12.5 Å². The van der Waals surface area contributed by atoms with Gasteiger partial charge < -0.3 is 15.2 Å². The molecule has 1 aromatic heterocycles. The van der Waals surface area contributed by atoms with Crippen LogP contribution in [-0.4, -0.2) is 28.0 Å². The monoisotopic (exact) mass is 476 g/mol. The van der Waals surface area contributed by atoms with Crippen molar-refractivity contribution in [3.63, 3.8) is 0 Å². The standard InChI is InChI=1S/C21H15BrF2N2O4/c22-13-2-1-12(17(24)10-13)9-18(21(28)29)26-20(27)16-7-8-25-11-19(16)30-15-5-3-14(23)4-6-15/h1-8,10-11,18H,9H2,(H,26,27)(H,28,29)/t18-/m0/s1. The molecule has 6 nitrogen and oxygen atoms in total. The molecule has 0 bridgehead atoms. The van der Waals surface area contributed by atoms with Gasteiger partial charge in [-0.3, -0.25) is 9.78 Å². The fourth-order valence-electron chi connectivity index (χ4n) is 2.62. The van der Waals surface area contributed by atoms with E-state index in [1.165, 1.54) is 54.9 Å². The van der Waals surface area contributed by atoms with Gasteiger partial charge in [0.25, 0.3) is 5.91 Å². The zero-order valence-corrected chi connectivity index (χ0v) is 16.9. The van der Waals surface area contributed by atoms with Gasteiger partial charge in [0, 0.05) is 17.1 Å². The van der Waals surface area contributed by atoms with Gasteiger partial charge in [-0.1, -0.05) is 22.0 Å². The van der Waals surface area contributed by atoms with Crippen molar-refractivity contribution in [1.82, 2.24) is 10.3 Å². The first-order chi connectivity index (χ1) is 14.3. The molecule has 0 saturated carbocycles. The van der Waals surface area contributed by atoms with Crippen LogP contribution in [0.3, 0.4) is 0 Å². The summed E-state index contributed by atoms with van der Waals surface area (Å²) in [5.74, 6) is -2.77. The predicted octanol–water partition coefficient (Wildman–Crippen LogP) is 4.34. The highest BCUT2D eigenvalue weighted by molar-refractivity contribution is 9.10. The molecule has 9 heteroatoms. The zero-order valence-electron chi connectivity index (χ0n) is 15.3. The molecular weight excluding hydrogens is 462 g/mol. The molecule has 0 fully saturated rings. The number of nitrogens with zero attached hydrogens (tertiary/aromatic N) is 1. The number of aromatic nitrogens is 1. The van der Waals surface area contributed by atoms with E-state index in [9.17, 15) is 23.5 Å². The molecule has 2 N–H and O–H groups in total. The molecule has 0 saturated heterocycles. The highest BCUT2D eigenvalue weighted by atomic mass is 79.9. The van der Waals surface area contributed by atoms with Gasteiger partial charge in [-0.25, -0.2) is 13.6 Å². The number of pyridine rings is 1. The van der Waals surface area contributed by atoms with Crippen LogP contribution in [0.4, 0.5) is 8.78 Å². The molecule has 3 aromatic rings. The number of carbonyl (C=O) groups excluding carboxylic acids is 1. The highest BCUT2D eigenvalue weighted by Crippen LogP contribution is 2.25. The van der Waals surface area contributed by atoms with Gasteiger partial charge >= 0.3 is 5.97 Å². The quantitative estimate of drug-likeness (QED) is 0.529. The molecule has 1 atom stereocenters. The summed E-state index contributed by atoms with van der Waals surface area (Å²) in [6.07, 6.45) is 2.37. The number of aliphatic carboxylic acids is 1. The van der Waals surface area contributed by atoms with E-state index in [2.05, 4.69) is 26.2 Å². The number of hydrogen-bond donors (Lipinski definition) is 2. The molecule has 0 aliphatic rings. The average Bonchev–Trinajstić information content (AvgIpc) is 2.71. The van der Waals surface area contributed by atoms with E-state index in [-0.39, 0.29) is 29.0 Å². The topological polar surface area (TPSA) is 88.5 Å². The molecule has 2 aromatic carbocycles. The molecule has 0 aliphatic heterocycles. The number of rotatable bonds is 7. The molecule has 1 heterocycles. The lowest BCUT2D eigenvalue weighted by Crippen LogP contribution is -2.42. The van der Waals surface area contributed by atoms with Gasteiger partial charge in [-0.05, 0) is 48.0 Å². The number of carboxylic acid groups (broad SMARTS) is 1. The Balaban J connectivity index is 1.79. The summed E-state index contributed by atoms with van der Waals surface area (Å²) in [5.41, 5.74) is 0.167. The van der Waals surface area contributed by atoms with Crippen LogP contribution in [-0.2, 0) is 11.2 Å².